The summed E-state index contributed by atoms with van der Waals surface area (Å²) in [7, 11) is 0. The van der Waals surface area contributed by atoms with Crippen molar-refractivity contribution in [3.05, 3.63) is 52.8 Å². The second-order valence-electron chi connectivity index (χ2n) is 4.01. The van der Waals surface area contributed by atoms with E-state index in [1.54, 1.807) is 6.20 Å². The normalized spacial score (nSPS) is 10.9. The number of nitrogens with zero attached hydrogens (tertiary/aromatic N) is 2. The molecule has 1 N–H and O–H groups in total. The van der Waals surface area contributed by atoms with Crippen LogP contribution in [0, 0.1) is 6.92 Å². The highest BCUT2D eigenvalue weighted by molar-refractivity contribution is 7.11. The lowest BCUT2D eigenvalue weighted by Gasteiger charge is -2.18. The minimum atomic E-state index is 0.829. The molecule has 2 heterocycles. The maximum atomic E-state index is 4.26. The lowest BCUT2D eigenvalue weighted by molar-refractivity contribution is 0.282. The highest BCUT2D eigenvalue weighted by Gasteiger charge is 2.08. The summed E-state index contributed by atoms with van der Waals surface area (Å²) in [5, 5.41) is 0. The van der Waals surface area contributed by atoms with Gasteiger partial charge in [-0.15, -0.1) is 17.9 Å². The molecule has 0 atom stereocenters. The number of H-pyrrole nitrogens is 1. The smallest absolute Gasteiger partial charge is 0.120 e. The highest BCUT2D eigenvalue weighted by Crippen LogP contribution is 2.17. The van der Waals surface area contributed by atoms with Gasteiger partial charge in [0.1, 0.15) is 5.82 Å². The number of aryl methyl sites for hydroxylation is 1. The summed E-state index contributed by atoms with van der Waals surface area (Å²) in [6.07, 6.45) is 5.58. The molecule has 90 valence electrons. The zero-order valence-electron chi connectivity index (χ0n) is 10.0. The first kappa shape index (κ1) is 12.1. The highest BCUT2D eigenvalue weighted by atomic mass is 32.1. The van der Waals surface area contributed by atoms with Gasteiger partial charge in [0, 0.05) is 35.2 Å². The molecule has 0 aliphatic rings. The molecule has 0 saturated heterocycles. The Morgan fingerprint density at radius 3 is 2.94 bits per heavy atom. The molecule has 0 saturated carbocycles. The molecule has 0 amide bonds. The summed E-state index contributed by atoms with van der Waals surface area (Å²) in [6.45, 7) is 8.60. The third-order valence-electron chi connectivity index (χ3n) is 2.49. The molecule has 0 radical (unpaired) electrons. The molecule has 17 heavy (non-hydrogen) atoms. The average molecular weight is 247 g/mol. The number of aromatic amines is 1. The van der Waals surface area contributed by atoms with Gasteiger partial charge in [0.15, 0.2) is 0 Å². The van der Waals surface area contributed by atoms with Crippen LogP contribution in [-0.2, 0) is 13.1 Å². The van der Waals surface area contributed by atoms with Crippen molar-refractivity contribution in [3.8, 4) is 0 Å². The van der Waals surface area contributed by atoms with E-state index >= 15 is 0 Å². The summed E-state index contributed by atoms with van der Waals surface area (Å²) in [6, 6.07) is 4.36. The third-order valence-corrected chi connectivity index (χ3v) is 3.48. The Hall–Kier alpha value is -1.39. The van der Waals surface area contributed by atoms with E-state index < -0.39 is 0 Å². The molecule has 0 aliphatic carbocycles. The van der Waals surface area contributed by atoms with Crippen molar-refractivity contribution in [1.29, 1.82) is 0 Å². The van der Waals surface area contributed by atoms with Crippen molar-refractivity contribution in [1.82, 2.24) is 14.9 Å². The Kier molecular flexibility index (Phi) is 4.12. The van der Waals surface area contributed by atoms with E-state index in [-0.39, 0.29) is 0 Å². The predicted molar refractivity (Wildman–Crippen MR) is 72.0 cm³/mol. The lowest BCUT2D eigenvalue weighted by Crippen LogP contribution is -2.22. The molecule has 2 aromatic heterocycles. The predicted octanol–water partition coefficient (Wildman–Crippen LogP) is 2.97. The van der Waals surface area contributed by atoms with Gasteiger partial charge in [-0.1, -0.05) is 6.08 Å². The Balaban J connectivity index is 1.99. The van der Waals surface area contributed by atoms with Crippen LogP contribution in [-0.4, -0.2) is 21.4 Å². The van der Waals surface area contributed by atoms with Gasteiger partial charge in [0.2, 0.25) is 0 Å². The Morgan fingerprint density at radius 2 is 2.35 bits per heavy atom. The van der Waals surface area contributed by atoms with Gasteiger partial charge < -0.3 is 4.98 Å². The first-order chi connectivity index (χ1) is 8.28. The summed E-state index contributed by atoms with van der Waals surface area (Å²) in [5.74, 6) is 1.00. The summed E-state index contributed by atoms with van der Waals surface area (Å²) in [5.41, 5.74) is 0. The monoisotopic (exact) mass is 247 g/mol. The Bertz CT molecular complexity index is 459. The van der Waals surface area contributed by atoms with Crippen molar-refractivity contribution in [2.45, 2.75) is 20.0 Å². The largest absolute Gasteiger partial charge is 0.348 e. The Labute approximate surface area is 106 Å². The van der Waals surface area contributed by atoms with Gasteiger partial charge in [0.05, 0.1) is 6.54 Å². The zero-order chi connectivity index (χ0) is 12.1. The number of imidazole rings is 1. The quantitative estimate of drug-likeness (QED) is 0.796. The minimum absolute atomic E-state index is 0.829. The number of rotatable bonds is 6. The molecule has 0 fully saturated rings. The number of hydrogen-bond acceptors (Lipinski definition) is 3. The maximum Gasteiger partial charge on any atom is 0.120 e. The first-order valence-electron chi connectivity index (χ1n) is 5.65. The molecule has 0 bridgehead atoms. The summed E-state index contributed by atoms with van der Waals surface area (Å²) in [4.78, 5) is 12.4. The molecule has 0 aromatic carbocycles. The molecule has 0 aliphatic heterocycles. The molecule has 3 nitrogen and oxygen atoms in total. The lowest BCUT2D eigenvalue weighted by atomic mass is 10.3. The van der Waals surface area contributed by atoms with Gasteiger partial charge >= 0.3 is 0 Å². The molecule has 2 rings (SSSR count). The topological polar surface area (TPSA) is 31.9 Å². The van der Waals surface area contributed by atoms with Crippen LogP contribution >= 0.6 is 11.3 Å². The van der Waals surface area contributed by atoms with Crippen molar-refractivity contribution < 1.29 is 0 Å². The SMILES string of the molecule is C=CCN(Cc1ncc[nH]1)Cc1ccc(C)s1. The maximum absolute atomic E-state index is 4.26. The van der Waals surface area contributed by atoms with Crippen molar-refractivity contribution in [3.63, 3.8) is 0 Å². The van der Waals surface area contributed by atoms with Crippen molar-refractivity contribution >= 4 is 11.3 Å². The van der Waals surface area contributed by atoms with Gasteiger partial charge in [-0.05, 0) is 19.1 Å². The fourth-order valence-corrected chi connectivity index (χ4v) is 2.69. The molecule has 4 heteroatoms. The van der Waals surface area contributed by atoms with Crippen LogP contribution in [0.4, 0.5) is 0 Å². The summed E-state index contributed by atoms with van der Waals surface area (Å²) < 4.78 is 0. The van der Waals surface area contributed by atoms with E-state index in [0.717, 1.165) is 25.5 Å². The second-order valence-corrected chi connectivity index (χ2v) is 5.38. The molecule has 2 aromatic rings. The Morgan fingerprint density at radius 1 is 1.47 bits per heavy atom. The minimum Gasteiger partial charge on any atom is -0.348 e. The van der Waals surface area contributed by atoms with E-state index in [2.05, 4.69) is 40.5 Å². The summed E-state index contributed by atoms with van der Waals surface area (Å²) >= 11 is 1.85. The van der Waals surface area contributed by atoms with E-state index in [4.69, 9.17) is 0 Å². The average Bonchev–Trinajstić information content (AvgIpc) is 2.91. The van der Waals surface area contributed by atoms with Crippen LogP contribution in [0.1, 0.15) is 15.6 Å². The van der Waals surface area contributed by atoms with Gasteiger partial charge in [-0.25, -0.2) is 4.98 Å². The zero-order valence-corrected chi connectivity index (χ0v) is 10.8. The number of thiophene rings is 1. The van der Waals surface area contributed by atoms with E-state index in [9.17, 15) is 0 Å². The van der Waals surface area contributed by atoms with Gasteiger partial charge in [-0.2, -0.15) is 0 Å². The van der Waals surface area contributed by atoms with Crippen molar-refractivity contribution in [2.24, 2.45) is 0 Å². The van der Waals surface area contributed by atoms with E-state index in [1.165, 1.54) is 9.75 Å². The van der Waals surface area contributed by atoms with Gasteiger partial charge in [-0.3, -0.25) is 4.90 Å². The third kappa shape index (κ3) is 3.54. The molecular formula is C13H17N3S. The van der Waals surface area contributed by atoms with Crippen LogP contribution < -0.4 is 0 Å². The molecule has 0 spiro atoms. The number of aromatic nitrogens is 2. The van der Waals surface area contributed by atoms with Crippen LogP contribution in [0.25, 0.3) is 0 Å². The molecular weight excluding hydrogens is 230 g/mol. The number of nitrogens with one attached hydrogen (secondary N) is 1. The number of hydrogen-bond donors (Lipinski definition) is 1. The standard InChI is InChI=1S/C13H17N3S/c1-3-8-16(10-13-14-6-7-15-13)9-12-5-4-11(2)17-12/h3-7H,1,8-10H2,2H3,(H,14,15). The van der Waals surface area contributed by atoms with Crippen LogP contribution in [0.5, 0.6) is 0 Å². The van der Waals surface area contributed by atoms with Gasteiger partial charge in [0.25, 0.3) is 0 Å². The first-order valence-corrected chi connectivity index (χ1v) is 6.46. The van der Waals surface area contributed by atoms with Crippen molar-refractivity contribution in [2.75, 3.05) is 6.54 Å². The van der Waals surface area contributed by atoms with Crippen LogP contribution in [0.3, 0.4) is 0 Å². The van der Waals surface area contributed by atoms with E-state index in [0.29, 0.717) is 0 Å². The second kappa shape index (κ2) is 5.80. The molecule has 0 unspecified atom stereocenters. The van der Waals surface area contributed by atoms with E-state index in [1.807, 2.05) is 23.6 Å². The van der Waals surface area contributed by atoms with Crippen LogP contribution in [0.2, 0.25) is 0 Å². The fraction of sp³-hybridized carbons (Fsp3) is 0.308. The fourth-order valence-electron chi connectivity index (χ4n) is 1.75. The van der Waals surface area contributed by atoms with Crippen LogP contribution in [0.15, 0.2) is 37.2 Å².